The van der Waals surface area contributed by atoms with E-state index in [4.69, 9.17) is 5.73 Å². The maximum absolute atomic E-state index is 11.6. The standard InChI is InChI=1S/C30H30N4O2S/c1-20-16-28(30(31)36)32-34(20)25-11-14-29-27(17-25)24(4-3-15-35)19-33(29)18-21-5-7-22(8-6-21)23-9-12-26(37-2)13-10-23/h5-14,16-17,19,35H,3-4,15,18H2,1-2H3,(H2,31,36). The minimum absolute atomic E-state index is 0.145. The minimum atomic E-state index is -0.541. The van der Waals surface area contributed by atoms with Gasteiger partial charge in [-0.3, -0.25) is 4.79 Å². The number of nitrogens with two attached hydrogens (primary N) is 1. The van der Waals surface area contributed by atoms with Gasteiger partial charge in [0, 0.05) is 40.8 Å². The van der Waals surface area contributed by atoms with E-state index in [1.165, 1.54) is 27.1 Å². The van der Waals surface area contributed by atoms with Crippen LogP contribution in [-0.2, 0) is 13.0 Å². The van der Waals surface area contributed by atoms with E-state index in [0.717, 1.165) is 35.2 Å². The van der Waals surface area contributed by atoms with Crippen LogP contribution in [0.5, 0.6) is 0 Å². The van der Waals surface area contributed by atoms with Crippen molar-refractivity contribution >= 4 is 28.6 Å². The number of hydrogen-bond donors (Lipinski definition) is 2. The molecule has 0 bridgehead atoms. The maximum Gasteiger partial charge on any atom is 0.269 e. The molecule has 188 valence electrons. The van der Waals surface area contributed by atoms with Gasteiger partial charge in [-0.25, -0.2) is 4.68 Å². The molecular formula is C30H30N4O2S. The number of amides is 1. The van der Waals surface area contributed by atoms with E-state index in [0.29, 0.717) is 6.42 Å². The number of aryl methyl sites for hydroxylation is 2. The number of thioether (sulfide) groups is 1. The van der Waals surface area contributed by atoms with Crippen LogP contribution in [0.25, 0.3) is 27.7 Å². The number of fused-ring (bicyclic) bond motifs is 1. The van der Waals surface area contributed by atoms with Crippen molar-refractivity contribution in [2.75, 3.05) is 12.9 Å². The molecule has 3 aromatic carbocycles. The number of nitrogens with zero attached hydrogens (tertiary/aromatic N) is 3. The molecule has 6 nitrogen and oxygen atoms in total. The maximum atomic E-state index is 11.6. The first-order valence-corrected chi connectivity index (χ1v) is 13.5. The SMILES string of the molecule is CSc1ccc(-c2ccc(Cn3cc(CCCO)c4cc(-n5nc(C(N)=O)cc5C)ccc43)cc2)cc1. The summed E-state index contributed by atoms with van der Waals surface area (Å²) in [5, 5.41) is 15.0. The molecule has 0 aliphatic heterocycles. The van der Waals surface area contributed by atoms with Gasteiger partial charge in [0.25, 0.3) is 5.91 Å². The van der Waals surface area contributed by atoms with Crippen LogP contribution in [-0.4, -0.2) is 38.2 Å². The first-order chi connectivity index (χ1) is 18.0. The number of hydrogen-bond acceptors (Lipinski definition) is 4. The van der Waals surface area contributed by atoms with E-state index >= 15 is 0 Å². The Bertz CT molecular complexity index is 1550. The first kappa shape index (κ1) is 24.9. The number of aliphatic hydroxyl groups excluding tert-OH is 1. The van der Waals surface area contributed by atoms with Gasteiger partial charge >= 0.3 is 0 Å². The van der Waals surface area contributed by atoms with E-state index in [-0.39, 0.29) is 12.3 Å². The summed E-state index contributed by atoms with van der Waals surface area (Å²) in [5.41, 5.74) is 13.3. The van der Waals surface area contributed by atoms with Crippen LogP contribution in [0.15, 0.2) is 83.9 Å². The highest BCUT2D eigenvalue weighted by atomic mass is 32.2. The lowest BCUT2D eigenvalue weighted by molar-refractivity contribution is 0.0995. The van der Waals surface area contributed by atoms with E-state index in [9.17, 15) is 9.90 Å². The fourth-order valence-electron chi connectivity index (χ4n) is 4.73. The number of carbonyl (C=O) groups excluding carboxylic acids is 1. The van der Waals surface area contributed by atoms with Crippen LogP contribution in [0.2, 0.25) is 0 Å². The van der Waals surface area contributed by atoms with Gasteiger partial charge in [-0.1, -0.05) is 36.4 Å². The van der Waals surface area contributed by atoms with Crippen molar-refractivity contribution in [3.8, 4) is 16.8 Å². The molecule has 5 aromatic rings. The average Bonchev–Trinajstić information content (AvgIpc) is 3.48. The molecule has 0 fully saturated rings. The highest BCUT2D eigenvalue weighted by Gasteiger charge is 2.14. The Hall–Kier alpha value is -3.81. The molecule has 37 heavy (non-hydrogen) atoms. The molecule has 5 rings (SSSR count). The van der Waals surface area contributed by atoms with E-state index in [1.54, 1.807) is 22.5 Å². The quantitative estimate of drug-likeness (QED) is 0.253. The van der Waals surface area contributed by atoms with E-state index in [2.05, 4.69) is 82.8 Å². The van der Waals surface area contributed by atoms with Crippen molar-refractivity contribution < 1.29 is 9.90 Å². The number of primary amides is 1. The summed E-state index contributed by atoms with van der Waals surface area (Å²) in [7, 11) is 0. The number of aliphatic hydroxyl groups is 1. The Morgan fingerprint density at radius 1 is 1.00 bits per heavy atom. The number of carbonyl (C=O) groups is 1. The number of rotatable bonds is 9. The molecule has 2 aromatic heterocycles. The molecule has 3 N–H and O–H groups in total. The zero-order chi connectivity index (χ0) is 25.9. The Morgan fingerprint density at radius 2 is 1.70 bits per heavy atom. The Morgan fingerprint density at radius 3 is 2.32 bits per heavy atom. The first-order valence-electron chi connectivity index (χ1n) is 12.3. The molecule has 2 heterocycles. The molecule has 0 saturated heterocycles. The van der Waals surface area contributed by atoms with Crippen molar-refractivity contribution in [3.63, 3.8) is 0 Å². The summed E-state index contributed by atoms with van der Waals surface area (Å²) in [6.07, 6.45) is 5.74. The summed E-state index contributed by atoms with van der Waals surface area (Å²) in [6.45, 7) is 2.79. The lowest BCUT2D eigenvalue weighted by Gasteiger charge is -2.09. The van der Waals surface area contributed by atoms with Gasteiger partial charge in [-0.2, -0.15) is 5.10 Å². The van der Waals surface area contributed by atoms with Crippen molar-refractivity contribution in [3.05, 3.63) is 102 Å². The van der Waals surface area contributed by atoms with Gasteiger partial charge in [0.15, 0.2) is 5.69 Å². The molecule has 0 spiro atoms. The van der Waals surface area contributed by atoms with Crippen LogP contribution in [0.3, 0.4) is 0 Å². The normalized spacial score (nSPS) is 11.3. The highest BCUT2D eigenvalue weighted by Crippen LogP contribution is 2.28. The molecule has 1 amide bonds. The van der Waals surface area contributed by atoms with Crippen LogP contribution in [0.4, 0.5) is 0 Å². The van der Waals surface area contributed by atoms with E-state index < -0.39 is 5.91 Å². The van der Waals surface area contributed by atoms with Gasteiger partial charge < -0.3 is 15.4 Å². The third kappa shape index (κ3) is 5.19. The summed E-state index contributed by atoms with van der Waals surface area (Å²) in [4.78, 5) is 12.9. The number of aromatic nitrogens is 3. The summed E-state index contributed by atoms with van der Waals surface area (Å²) in [6, 6.07) is 25.3. The molecule has 0 saturated carbocycles. The lowest BCUT2D eigenvalue weighted by Crippen LogP contribution is -2.12. The summed E-state index contributed by atoms with van der Waals surface area (Å²) < 4.78 is 4.01. The fourth-order valence-corrected chi connectivity index (χ4v) is 5.14. The van der Waals surface area contributed by atoms with Crippen molar-refractivity contribution in [1.82, 2.24) is 14.3 Å². The van der Waals surface area contributed by atoms with Crippen molar-refractivity contribution in [1.29, 1.82) is 0 Å². The Labute approximate surface area is 220 Å². The Balaban J connectivity index is 1.46. The van der Waals surface area contributed by atoms with Gasteiger partial charge in [0.1, 0.15) is 0 Å². The van der Waals surface area contributed by atoms with Crippen LogP contribution >= 0.6 is 11.8 Å². The fraction of sp³-hybridized carbons (Fsp3) is 0.200. The predicted octanol–water partition coefficient (Wildman–Crippen LogP) is 5.60. The summed E-state index contributed by atoms with van der Waals surface area (Å²) >= 11 is 1.75. The minimum Gasteiger partial charge on any atom is -0.396 e. The number of benzene rings is 3. The molecule has 0 atom stereocenters. The average molecular weight is 511 g/mol. The highest BCUT2D eigenvalue weighted by molar-refractivity contribution is 7.98. The second-order valence-electron chi connectivity index (χ2n) is 9.18. The third-order valence-electron chi connectivity index (χ3n) is 6.67. The Kier molecular flexibility index (Phi) is 7.17. The van der Waals surface area contributed by atoms with E-state index in [1.807, 2.05) is 13.0 Å². The van der Waals surface area contributed by atoms with Crippen LogP contribution in [0, 0.1) is 6.92 Å². The predicted molar refractivity (Wildman–Crippen MR) is 150 cm³/mol. The van der Waals surface area contributed by atoms with Gasteiger partial charge in [0.05, 0.1) is 5.69 Å². The zero-order valence-electron chi connectivity index (χ0n) is 21.0. The third-order valence-corrected chi connectivity index (χ3v) is 7.41. The second kappa shape index (κ2) is 10.7. The smallest absolute Gasteiger partial charge is 0.269 e. The summed E-state index contributed by atoms with van der Waals surface area (Å²) in [5.74, 6) is -0.541. The topological polar surface area (TPSA) is 86.1 Å². The zero-order valence-corrected chi connectivity index (χ0v) is 21.8. The largest absolute Gasteiger partial charge is 0.396 e. The van der Waals surface area contributed by atoms with Gasteiger partial charge in [-0.15, -0.1) is 11.8 Å². The van der Waals surface area contributed by atoms with Crippen molar-refractivity contribution in [2.45, 2.75) is 31.2 Å². The molecule has 0 aliphatic rings. The van der Waals surface area contributed by atoms with Crippen molar-refractivity contribution in [2.24, 2.45) is 5.73 Å². The molecule has 0 aliphatic carbocycles. The van der Waals surface area contributed by atoms with Gasteiger partial charge in [0.2, 0.25) is 0 Å². The molecule has 7 heteroatoms. The second-order valence-corrected chi connectivity index (χ2v) is 10.1. The molecular weight excluding hydrogens is 480 g/mol. The lowest BCUT2D eigenvalue weighted by atomic mass is 10.0. The molecule has 0 unspecified atom stereocenters. The molecule has 0 radical (unpaired) electrons. The van der Waals surface area contributed by atoms with Gasteiger partial charge in [-0.05, 0) is 84.7 Å². The monoisotopic (exact) mass is 510 g/mol. The van der Waals surface area contributed by atoms with Crippen LogP contribution in [0.1, 0.15) is 33.7 Å². The van der Waals surface area contributed by atoms with Crippen LogP contribution < -0.4 is 5.73 Å².